The third kappa shape index (κ3) is 7.68. The number of rotatable bonds is 2. The van der Waals surface area contributed by atoms with E-state index in [1.54, 1.807) is 6.92 Å². The molecule has 0 aliphatic rings. The van der Waals surface area contributed by atoms with Crippen LogP contribution < -0.4 is 0 Å². The van der Waals surface area contributed by atoms with Gasteiger partial charge in [-0.1, -0.05) is 34.6 Å². The van der Waals surface area contributed by atoms with E-state index in [0.29, 0.717) is 16.7 Å². The van der Waals surface area contributed by atoms with Crippen molar-refractivity contribution in [2.24, 2.45) is 10.4 Å². The molecule has 0 bridgehead atoms. The van der Waals surface area contributed by atoms with Gasteiger partial charge in [-0.25, -0.2) is 4.39 Å². The van der Waals surface area contributed by atoms with Crippen molar-refractivity contribution in [1.82, 2.24) is 0 Å². The fourth-order valence-electron chi connectivity index (χ4n) is 1.18. The lowest BCUT2D eigenvalue weighted by molar-refractivity contribution is 0.469. The molecule has 1 rings (SSSR count). The number of nitriles is 1. The molecule has 0 aliphatic carbocycles. The third-order valence-corrected chi connectivity index (χ3v) is 2.29. The molecule has 0 atom stereocenters. The highest BCUT2D eigenvalue weighted by molar-refractivity contribution is 5.84. The van der Waals surface area contributed by atoms with Crippen LogP contribution in [-0.4, -0.2) is 5.71 Å². The Kier molecular flexibility index (Phi) is 7.13. The molecule has 1 aromatic rings. The van der Waals surface area contributed by atoms with Crippen molar-refractivity contribution in [3.05, 3.63) is 29.1 Å². The maximum atomic E-state index is 13.1. The highest BCUT2D eigenvalue weighted by Crippen LogP contribution is 2.23. The number of aliphatic imine (C=N–C) groups is 1. The Morgan fingerprint density at radius 1 is 1.30 bits per heavy atom. The Morgan fingerprint density at radius 2 is 1.80 bits per heavy atom. The van der Waals surface area contributed by atoms with E-state index in [4.69, 9.17) is 5.26 Å². The van der Waals surface area contributed by atoms with Gasteiger partial charge in [-0.05, 0) is 43.4 Å². The highest BCUT2D eigenvalue weighted by Gasteiger charge is 2.06. The third-order valence-electron chi connectivity index (χ3n) is 2.29. The summed E-state index contributed by atoms with van der Waals surface area (Å²) >= 11 is 0. The van der Waals surface area contributed by atoms with Crippen molar-refractivity contribution in [3.8, 4) is 6.07 Å². The van der Waals surface area contributed by atoms with E-state index in [9.17, 15) is 4.39 Å². The molecule has 0 heterocycles. The van der Waals surface area contributed by atoms with Gasteiger partial charge in [-0.15, -0.1) is 0 Å². The number of hydrogen-bond acceptors (Lipinski definition) is 2. The topological polar surface area (TPSA) is 36.1 Å². The van der Waals surface area contributed by atoms with Crippen LogP contribution in [0.4, 0.5) is 10.1 Å². The van der Waals surface area contributed by atoms with Gasteiger partial charge in [0, 0.05) is 5.71 Å². The van der Waals surface area contributed by atoms with Crippen LogP contribution >= 0.6 is 0 Å². The molecule has 2 nitrogen and oxygen atoms in total. The summed E-state index contributed by atoms with van der Waals surface area (Å²) in [5.41, 5.74) is 3.04. The van der Waals surface area contributed by atoms with E-state index in [-0.39, 0.29) is 0 Å². The van der Waals surface area contributed by atoms with Crippen LogP contribution in [0.5, 0.6) is 0 Å². The summed E-state index contributed by atoms with van der Waals surface area (Å²) in [7, 11) is 0. The summed E-state index contributed by atoms with van der Waals surface area (Å²) in [5.74, 6) is -0.417. The molecule has 110 valence electrons. The standard InChI is InChI=1S/C12H13FN2.C5H12/c1-4-8(2)15-12-6-11(13)5-10(7-14)9(12)3;1-5(2,3)4/h5-6H,4H2,1-3H3;1-4H3. The zero-order valence-corrected chi connectivity index (χ0v) is 13.6. The Bertz CT molecular complexity index is 511. The fourth-order valence-corrected chi connectivity index (χ4v) is 1.18. The Hall–Kier alpha value is -1.69. The Labute approximate surface area is 122 Å². The lowest BCUT2D eigenvalue weighted by atomic mass is 10.0. The van der Waals surface area contributed by atoms with Crippen LogP contribution in [0.2, 0.25) is 0 Å². The quantitative estimate of drug-likeness (QED) is 0.651. The van der Waals surface area contributed by atoms with Crippen LogP contribution in [0.25, 0.3) is 0 Å². The molecule has 0 aliphatic heterocycles. The van der Waals surface area contributed by atoms with E-state index >= 15 is 0 Å². The summed E-state index contributed by atoms with van der Waals surface area (Å²) in [5, 5.41) is 8.79. The van der Waals surface area contributed by atoms with Gasteiger partial charge in [-0.2, -0.15) is 5.26 Å². The zero-order chi connectivity index (χ0) is 15.9. The SMILES string of the molecule is CC(C)(C)C.CCC(C)=Nc1cc(F)cc(C#N)c1C. The average Bonchev–Trinajstić information content (AvgIpc) is 2.31. The van der Waals surface area contributed by atoms with E-state index in [1.807, 2.05) is 19.9 Å². The number of hydrogen-bond donors (Lipinski definition) is 0. The maximum Gasteiger partial charge on any atom is 0.126 e. The maximum absolute atomic E-state index is 13.1. The first-order valence-electron chi connectivity index (χ1n) is 6.83. The molecule has 0 radical (unpaired) electrons. The van der Waals surface area contributed by atoms with Crippen LogP contribution in [0.3, 0.4) is 0 Å². The van der Waals surface area contributed by atoms with Gasteiger partial charge in [-0.3, -0.25) is 4.99 Å². The first kappa shape index (κ1) is 18.3. The normalized spacial score (nSPS) is 11.4. The van der Waals surface area contributed by atoms with Crippen molar-refractivity contribution < 1.29 is 4.39 Å². The highest BCUT2D eigenvalue weighted by atomic mass is 19.1. The largest absolute Gasteiger partial charge is 0.258 e. The molecule has 0 saturated heterocycles. The molecular formula is C17H25FN2. The van der Waals surface area contributed by atoms with Gasteiger partial charge in [0.1, 0.15) is 5.82 Å². The molecule has 0 fully saturated rings. The first-order valence-corrected chi connectivity index (χ1v) is 6.83. The fraction of sp³-hybridized carbons (Fsp3) is 0.529. The minimum atomic E-state index is -0.417. The van der Waals surface area contributed by atoms with Crippen LogP contribution in [0.1, 0.15) is 59.1 Å². The van der Waals surface area contributed by atoms with Crippen molar-refractivity contribution in [2.75, 3.05) is 0 Å². The van der Waals surface area contributed by atoms with Gasteiger partial charge in [0.15, 0.2) is 0 Å². The Morgan fingerprint density at radius 3 is 2.20 bits per heavy atom. The molecule has 3 heteroatoms. The van der Waals surface area contributed by atoms with E-state index in [0.717, 1.165) is 17.7 Å². The minimum absolute atomic E-state index is 0.345. The summed E-state index contributed by atoms with van der Waals surface area (Å²) in [6.07, 6.45) is 0.817. The molecular weight excluding hydrogens is 251 g/mol. The molecule has 1 aromatic carbocycles. The first-order chi connectivity index (χ1) is 9.08. The van der Waals surface area contributed by atoms with Gasteiger partial charge < -0.3 is 0 Å². The molecule has 0 saturated carbocycles. The van der Waals surface area contributed by atoms with Crippen LogP contribution in [0.15, 0.2) is 17.1 Å². The predicted molar refractivity (Wildman–Crippen MR) is 84.0 cm³/mol. The second kappa shape index (κ2) is 7.79. The van der Waals surface area contributed by atoms with Crippen LogP contribution in [-0.2, 0) is 0 Å². The monoisotopic (exact) mass is 276 g/mol. The second-order valence-corrected chi connectivity index (χ2v) is 6.41. The molecule has 0 N–H and O–H groups in total. The zero-order valence-electron chi connectivity index (χ0n) is 13.6. The van der Waals surface area contributed by atoms with E-state index < -0.39 is 5.82 Å². The number of halogens is 1. The smallest absolute Gasteiger partial charge is 0.126 e. The summed E-state index contributed by atoms with van der Waals surface area (Å²) in [6, 6.07) is 4.55. The Balaban J connectivity index is 0.000000621. The number of benzene rings is 1. The van der Waals surface area contributed by atoms with Gasteiger partial charge >= 0.3 is 0 Å². The van der Waals surface area contributed by atoms with Crippen molar-refractivity contribution in [3.63, 3.8) is 0 Å². The summed E-state index contributed by atoms with van der Waals surface area (Å²) in [6.45, 7) is 14.4. The van der Waals surface area contributed by atoms with Gasteiger partial charge in [0.2, 0.25) is 0 Å². The van der Waals surface area contributed by atoms with Crippen molar-refractivity contribution in [2.45, 2.75) is 54.9 Å². The molecule has 20 heavy (non-hydrogen) atoms. The summed E-state index contributed by atoms with van der Waals surface area (Å²) in [4.78, 5) is 4.27. The second-order valence-electron chi connectivity index (χ2n) is 6.41. The van der Waals surface area contributed by atoms with Crippen molar-refractivity contribution in [1.29, 1.82) is 5.26 Å². The lowest BCUT2D eigenvalue weighted by Crippen LogP contribution is -1.93. The summed E-state index contributed by atoms with van der Waals surface area (Å²) < 4.78 is 13.1. The number of nitrogens with zero attached hydrogens (tertiary/aromatic N) is 2. The minimum Gasteiger partial charge on any atom is -0.258 e. The molecule has 0 amide bonds. The van der Waals surface area contributed by atoms with Crippen molar-refractivity contribution >= 4 is 11.4 Å². The average molecular weight is 276 g/mol. The molecule has 0 unspecified atom stereocenters. The lowest BCUT2D eigenvalue weighted by Gasteiger charge is -2.05. The predicted octanol–water partition coefficient (Wildman–Crippen LogP) is 5.56. The molecule has 0 spiro atoms. The van der Waals surface area contributed by atoms with Crippen LogP contribution in [0, 0.1) is 29.5 Å². The van der Waals surface area contributed by atoms with E-state index in [2.05, 4.69) is 32.7 Å². The molecule has 0 aromatic heterocycles. The van der Waals surface area contributed by atoms with Gasteiger partial charge in [0.25, 0.3) is 0 Å². The van der Waals surface area contributed by atoms with Gasteiger partial charge in [0.05, 0.1) is 17.3 Å². The van der Waals surface area contributed by atoms with E-state index in [1.165, 1.54) is 12.1 Å².